The van der Waals surface area contributed by atoms with Gasteiger partial charge in [0.25, 0.3) is 0 Å². The predicted molar refractivity (Wildman–Crippen MR) is 88.1 cm³/mol. The fourth-order valence-corrected chi connectivity index (χ4v) is 2.02. The summed E-state index contributed by atoms with van der Waals surface area (Å²) >= 11 is 0. The normalized spacial score (nSPS) is 10.1. The van der Waals surface area contributed by atoms with Gasteiger partial charge in [0, 0.05) is 13.1 Å². The quantitative estimate of drug-likeness (QED) is 0.735. The Bertz CT molecular complexity index is 588. The van der Waals surface area contributed by atoms with Crippen molar-refractivity contribution >= 4 is 6.03 Å². The Morgan fingerprint density at radius 3 is 2.39 bits per heavy atom. The Balaban J connectivity index is 1.50. The third kappa shape index (κ3) is 6.82. The van der Waals surface area contributed by atoms with Crippen molar-refractivity contribution in [2.24, 2.45) is 0 Å². The van der Waals surface area contributed by atoms with Gasteiger partial charge in [-0.3, -0.25) is 0 Å². The molecule has 23 heavy (non-hydrogen) atoms. The molecule has 0 aliphatic heterocycles. The smallest absolute Gasteiger partial charge is 0.314 e. The molecule has 0 atom stereocenters. The molecule has 4 nitrogen and oxygen atoms in total. The molecule has 0 unspecified atom stereocenters. The predicted octanol–water partition coefficient (Wildman–Crippen LogP) is 3.14. The number of hydrogen-bond acceptors (Lipinski definition) is 2. The summed E-state index contributed by atoms with van der Waals surface area (Å²) in [6, 6.07) is 15.7. The van der Waals surface area contributed by atoms with Crippen LogP contribution >= 0.6 is 0 Å². The lowest BCUT2D eigenvalue weighted by Gasteiger charge is -2.09. The Morgan fingerprint density at radius 2 is 1.65 bits per heavy atom. The van der Waals surface area contributed by atoms with Crippen molar-refractivity contribution < 1.29 is 13.9 Å². The van der Waals surface area contributed by atoms with Crippen molar-refractivity contribution in [3.05, 3.63) is 66.0 Å². The standard InChI is InChI=1S/C18H21FN2O2/c19-16-7-9-17(10-8-16)23-14-4-12-20-18(22)21-13-11-15-5-2-1-3-6-15/h1-3,5-10H,4,11-14H2,(H2,20,21,22). The van der Waals surface area contributed by atoms with E-state index in [9.17, 15) is 9.18 Å². The van der Waals surface area contributed by atoms with E-state index in [2.05, 4.69) is 10.6 Å². The minimum absolute atomic E-state index is 0.178. The molecule has 5 heteroatoms. The van der Waals surface area contributed by atoms with E-state index in [4.69, 9.17) is 4.74 Å². The van der Waals surface area contributed by atoms with Gasteiger partial charge in [-0.05, 0) is 42.7 Å². The maximum Gasteiger partial charge on any atom is 0.314 e. The molecule has 2 aromatic carbocycles. The van der Waals surface area contributed by atoms with E-state index in [0.29, 0.717) is 31.9 Å². The molecule has 2 aromatic rings. The molecule has 0 radical (unpaired) electrons. The molecule has 0 heterocycles. The summed E-state index contributed by atoms with van der Waals surface area (Å²) in [5.74, 6) is 0.338. The summed E-state index contributed by atoms with van der Waals surface area (Å²) in [5.41, 5.74) is 1.19. The van der Waals surface area contributed by atoms with Crippen LogP contribution in [0.1, 0.15) is 12.0 Å². The number of urea groups is 1. The van der Waals surface area contributed by atoms with Crippen LogP contribution in [0.4, 0.5) is 9.18 Å². The zero-order valence-electron chi connectivity index (χ0n) is 12.9. The van der Waals surface area contributed by atoms with Gasteiger partial charge in [-0.1, -0.05) is 30.3 Å². The first-order valence-corrected chi connectivity index (χ1v) is 7.68. The molecule has 122 valence electrons. The molecule has 2 amide bonds. The second-order valence-electron chi connectivity index (χ2n) is 5.07. The van der Waals surface area contributed by atoms with E-state index in [-0.39, 0.29) is 11.8 Å². The first kappa shape index (κ1) is 16.8. The minimum atomic E-state index is -0.286. The van der Waals surface area contributed by atoms with E-state index >= 15 is 0 Å². The number of benzene rings is 2. The van der Waals surface area contributed by atoms with Crippen LogP contribution in [-0.2, 0) is 6.42 Å². The van der Waals surface area contributed by atoms with E-state index in [1.54, 1.807) is 12.1 Å². The highest BCUT2D eigenvalue weighted by Gasteiger charge is 2.00. The van der Waals surface area contributed by atoms with Crippen LogP contribution in [0, 0.1) is 5.82 Å². The third-order valence-corrected chi connectivity index (χ3v) is 3.23. The number of rotatable bonds is 8. The molecule has 2 rings (SSSR count). The zero-order valence-corrected chi connectivity index (χ0v) is 12.9. The van der Waals surface area contributed by atoms with Crippen molar-refractivity contribution in [2.45, 2.75) is 12.8 Å². The molecular formula is C18H21FN2O2. The maximum absolute atomic E-state index is 12.7. The highest BCUT2D eigenvalue weighted by molar-refractivity contribution is 5.73. The summed E-state index contributed by atoms with van der Waals surface area (Å²) in [5, 5.41) is 5.59. The molecule has 0 aliphatic rings. The van der Waals surface area contributed by atoms with Crippen molar-refractivity contribution in [3.8, 4) is 5.75 Å². The first-order valence-electron chi connectivity index (χ1n) is 7.68. The second-order valence-corrected chi connectivity index (χ2v) is 5.07. The van der Waals surface area contributed by atoms with Gasteiger partial charge in [0.05, 0.1) is 6.61 Å². The number of hydrogen-bond donors (Lipinski definition) is 2. The van der Waals surface area contributed by atoms with E-state index < -0.39 is 0 Å². The minimum Gasteiger partial charge on any atom is -0.494 e. The number of ether oxygens (including phenoxy) is 1. The molecule has 0 fully saturated rings. The molecule has 0 spiro atoms. The first-order chi connectivity index (χ1) is 11.2. The molecule has 0 saturated carbocycles. The molecule has 0 bridgehead atoms. The lowest BCUT2D eigenvalue weighted by atomic mass is 10.1. The fraction of sp³-hybridized carbons (Fsp3) is 0.278. The average molecular weight is 316 g/mol. The lowest BCUT2D eigenvalue weighted by Crippen LogP contribution is -2.37. The second kappa shape index (κ2) is 9.46. The van der Waals surface area contributed by atoms with Crippen LogP contribution in [0.3, 0.4) is 0 Å². The molecule has 0 saturated heterocycles. The topological polar surface area (TPSA) is 50.4 Å². The zero-order chi connectivity index (χ0) is 16.3. The van der Waals surface area contributed by atoms with Gasteiger partial charge in [-0.2, -0.15) is 0 Å². The largest absolute Gasteiger partial charge is 0.494 e. The van der Waals surface area contributed by atoms with Gasteiger partial charge in [0.2, 0.25) is 0 Å². The van der Waals surface area contributed by atoms with Crippen molar-refractivity contribution in [2.75, 3.05) is 19.7 Å². The summed E-state index contributed by atoms with van der Waals surface area (Å²) in [4.78, 5) is 11.6. The average Bonchev–Trinajstić information content (AvgIpc) is 2.57. The summed E-state index contributed by atoms with van der Waals surface area (Å²) in [6.07, 6.45) is 1.49. The summed E-state index contributed by atoms with van der Waals surface area (Å²) < 4.78 is 18.2. The van der Waals surface area contributed by atoms with Gasteiger partial charge < -0.3 is 15.4 Å². The van der Waals surface area contributed by atoms with Crippen molar-refractivity contribution in [3.63, 3.8) is 0 Å². The Hall–Kier alpha value is -2.56. The Kier molecular flexibility index (Phi) is 6.91. The van der Waals surface area contributed by atoms with Crippen LogP contribution in [-0.4, -0.2) is 25.7 Å². The van der Waals surface area contributed by atoms with E-state index in [1.165, 1.54) is 17.7 Å². The highest BCUT2D eigenvalue weighted by atomic mass is 19.1. The van der Waals surface area contributed by atoms with Crippen LogP contribution < -0.4 is 15.4 Å². The van der Waals surface area contributed by atoms with E-state index in [0.717, 1.165) is 6.42 Å². The third-order valence-electron chi connectivity index (χ3n) is 3.23. The summed E-state index contributed by atoms with van der Waals surface area (Å²) in [6.45, 7) is 1.59. The van der Waals surface area contributed by atoms with Gasteiger partial charge in [0.15, 0.2) is 0 Å². The number of nitrogens with one attached hydrogen (secondary N) is 2. The maximum atomic E-state index is 12.7. The van der Waals surface area contributed by atoms with Gasteiger partial charge >= 0.3 is 6.03 Å². The van der Waals surface area contributed by atoms with E-state index in [1.807, 2.05) is 30.3 Å². The Labute approximate surface area is 135 Å². The van der Waals surface area contributed by atoms with Gasteiger partial charge in [-0.25, -0.2) is 9.18 Å². The van der Waals surface area contributed by atoms with Crippen LogP contribution in [0.15, 0.2) is 54.6 Å². The van der Waals surface area contributed by atoms with Crippen molar-refractivity contribution in [1.82, 2.24) is 10.6 Å². The van der Waals surface area contributed by atoms with Crippen molar-refractivity contribution in [1.29, 1.82) is 0 Å². The number of carbonyl (C=O) groups is 1. The molecule has 0 aliphatic carbocycles. The molecule has 2 N–H and O–H groups in total. The Morgan fingerprint density at radius 1 is 0.957 bits per heavy atom. The van der Waals surface area contributed by atoms with Gasteiger partial charge in [-0.15, -0.1) is 0 Å². The SMILES string of the molecule is O=C(NCCCOc1ccc(F)cc1)NCCc1ccccc1. The number of carbonyl (C=O) groups excluding carboxylic acids is 1. The van der Waals surface area contributed by atoms with Crippen LogP contribution in [0.5, 0.6) is 5.75 Å². The summed E-state index contributed by atoms with van der Waals surface area (Å²) in [7, 11) is 0. The van der Waals surface area contributed by atoms with Crippen LogP contribution in [0.25, 0.3) is 0 Å². The molecular weight excluding hydrogens is 295 g/mol. The number of amides is 2. The van der Waals surface area contributed by atoms with Gasteiger partial charge in [0.1, 0.15) is 11.6 Å². The highest BCUT2D eigenvalue weighted by Crippen LogP contribution is 2.10. The lowest BCUT2D eigenvalue weighted by molar-refractivity contribution is 0.239. The number of halogens is 1. The fourth-order valence-electron chi connectivity index (χ4n) is 2.02. The van der Waals surface area contributed by atoms with Crippen LogP contribution in [0.2, 0.25) is 0 Å². The monoisotopic (exact) mass is 316 g/mol. The molecule has 0 aromatic heterocycles.